The van der Waals surface area contributed by atoms with Gasteiger partial charge in [0.15, 0.2) is 0 Å². The maximum absolute atomic E-state index is 6.65. The van der Waals surface area contributed by atoms with Crippen molar-refractivity contribution < 1.29 is 0 Å². The molecule has 27 heavy (non-hydrogen) atoms. The normalized spacial score (nSPS) is 52.8. The highest BCUT2D eigenvalue weighted by Gasteiger charge is 2.55. The van der Waals surface area contributed by atoms with E-state index in [0.29, 0.717) is 6.04 Å². The molecule has 0 bridgehead atoms. The third kappa shape index (κ3) is 3.13. The number of fused-ring (bicyclic) bond motifs is 1. The van der Waals surface area contributed by atoms with Gasteiger partial charge < -0.3 is 5.73 Å². The van der Waals surface area contributed by atoms with Gasteiger partial charge in [-0.3, -0.25) is 0 Å². The highest BCUT2D eigenvalue weighted by molar-refractivity contribution is 5.05. The van der Waals surface area contributed by atoms with Crippen LogP contribution in [0.15, 0.2) is 0 Å². The van der Waals surface area contributed by atoms with Gasteiger partial charge in [0.25, 0.3) is 0 Å². The van der Waals surface area contributed by atoms with E-state index in [9.17, 15) is 0 Å². The van der Waals surface area contributed by atoms with Crippen LogP contribution in [0, 0.1) is 65.1 Å². The molecular formula is C26H45N. The second kappa shape index (κ2) is 7.33. The minimum atomic E-state index is 0.484. The smallest absolute Gasteiger partial charge is 0.00723 e. The van der Waals surface area contributed by atoms with Crippen LogP contribution in [-0.4, -0.2) is 6.04 Å². The molecule has 11 atom stereocenters. The van der Waals surface area contributed by atoms with Gasteiger partial charge in [-0.25, -0.2) is 0 Å². The second-order valence-corrected chi connectivity index (χ2v) is 12.1. The first-order chi connectivity index (χ1) is 13.0. The van der Waals surface area contributed by atoms with Crippen LogP contribution in [0.3, 0.4) is 0 Å². The average molecular weight is 372 g/mol. The third-order valence-electron chi connectivity index (χ3n) is 10.7. The zero-order chi connectivity index (χ0) is 18.7. The standard InChI is InChI=1S/C26H45N/c1-15(2)14-26(27)25-13-12-24(25)23-11-10-22(23)21-9-8-20(21)19-7-6-17-16(3)4-5-18(17)19/h15-26H,4-14,27H2,1-3H3/t16?,17?,18?,19?,20?,21-,22?,23?,24?,25?,26?/m0/s1. The van der Waals surface area contributed by atoms with E-state index in [0.717, 1.165) is 65.1 Å². The van der Waals surface area contributed by atoms with Gasteiger partial charge in [-0.15, -0.1) is 0 Å². The van der Waals surface area contributed by atoms with Crippen LogP contribution in [0.1, 0.15) is 91.4 Å². The van der Waals surface area contributed by atoms with Crippen LogP contribution in [0.5, 0.6) is 0 Å². The Morgan fingerprint density at radius 2 is 1.00 bits per heavy atom. The van der Waals surface area contributed by atoms with Crippen LogP contribution in [0.4, 0.5) is 0 Å². The summed E-state index contributed by atoms with van der Waals surface area (Å²) in [5.41, 5.74) is 6.65. The van der Waals surface area contributed by atoms with Crippen molar-refractivity contribution in [2.24, 2.45) is 70.8 Å². The molecule has 0 aromatic carbocycles. The molecule has 0 heterocycles. The molecule has 10 unspecified atom stereocenters. The Hall–Kier alpha value is -0.0400. The molecule has 0 aromatic rings. The Kier molecular flexibility index (Phi) is 5.15. The molecular weight excluding hydrogens is 326 g/mol. The lowest BCUT2D eigenvalue weighted by molar-refractivity contribution is -0.0850. The largest absolute Gasteiger partial charge is 0.327 e. The van der Waals surface area contributed by atoms with E-state index < -0.39 is 0 Å². The lowest BCUT2D eigenvalue weighted by Gasteiger charge is -2.58. The van der Waals surface area contributed by atoms with E-state index in [4.69, 9.17) is 5.73 Å². The molecule has 0 radical (unpaired) electrons. The van der Waals surface area contributed by atoms with Crippen LogP contribution >= 0.6 is 0 Å². The van der Waals surface area contributed by atoms with E-state index in [1.165, 1.54) is 32.1 Å². The van der Waals surface area contributed by atoms with Crippen LogP contribution < -0.4 is 5.73 Å². The summed E-state index contributed by atoms with van der Waals surface area (Å²) in [5.74, 6) is 11.4. The highest BCUT2D eigenvalue weighted by Crippen LogP contribution is 2.63. The molecule has 0 amide bonds. The summed E-state index contributed by atoms with van der Waals surface area (Å²) < 4.78 is 0. The van der Waals surface area contributed by atoms with Gasteiger partial charge in [0.1, 0.15) is 0 Å². The molecule has 5 aliphatic rings. The quantitative estimate of drug-likeness (QED) is 0.566. The van der Waals surface area contributed by atoms with E-state index in [1.54, 1.807) is 38.5 Å². The third-order valence-corrected chi connectivity index (χ3v) is 10.7. The SMILES string of the molecule is CC(C)CC(N)C1CCC1C1CCC1[C@H]1CCC1C1CCC2C(C)CCC21. The molecule has 5 saturated carbocycles. The van der Waals surface area contributed by atoms with E-state index in [-0.39, 0.29) is 0 Å². The summed E-state index contributed by atoms with van der Waals surface area (Å²) in [6.45, 7) is 7.24. The van der Waals surface area contributed by atoms with Gasteiger partial charge in [0.05, 0.1) is 0 Å². The zero-order valence-electron chi connectivity index (χ0n) is 18.3. The van der Waals surface area contributed by atoms with Crippen LogP contribution in [-0.2, 0) is 0 Å². The van der Waals surface area contributed by atoms with Crippen molar-refractivity contribution in [2.45, 2.75) is 97.4 Å². The molecule has 1 heteroatoms. The summed E-state index contributed by atoms with van der Waals surface area (Å²) in [7, 11) is 0. The predicted octanol–water partition coefficient (Wildman–Crippen LogP) is 6.51. The van der Waals surface area contributed by atoms with Gasteiger partial charge in [-0.2, -0.15) is 0 Å². The first-order valence-corrected chi connectivity index (χ1v) is 12.8. The number of hydrogen-bond acceptors (Lipinski definition) is 1. The summed E-state index contributed by atoms with van der Waals surface area (Å²) >= 11 is 0. The Morgan fingerprint density at radius 3 is 1.48 bits per heavy atom. The molecule has 2 N–H and O–H groups in total. The van der Waals surface area contributed by atoms with Crippen molar-refractivity contribution >= 4 is 0 Å². The van der Waals surface area contributed by atoms with Gasteiger partial charge in [0, 0.05) is 6.04 Å². The molecule has 0 aliphatic heterocycles. The minimum absolute atomic E-state index is 0.484. The summed E-state index contributed by atoms with van der Waals surface area (Å²) in [4.78, 5) is 0. The minimum Gasteiger partial charge on any atom is -0.327 e. The number of hydrogen-bond donors (Lipinski definition) is 1. The van der Waals surface area contributed by atoms with E-state index in [1.807, 2.05) is 0 Å². The molecule has 0 saturated heterocycles. The van der Waals surface area contributed by atoms with Crippen LogP contribution in [0.2, 0.25) is 0 Å². The van der Waals surface area contributed by atoms with Gasteiger partial charge in [-0.1, -0.05) is 27.2 Å². The number of rotatable bonds is 6. The Bertz CT molecular complexity index is 526. The monoisotopic (exact) mass is 371 g/mol. The maximum Gasteiger partial charge on any atom is 0.00723 e. The fourth-order valence-electron chi connectivity index (χ4n) is 9.03. The molecule has 5 fully saturated rings. The Balaban J connectivity index is 1.20. The van der Waals surface area contributed by atoms with Crippen LogP contribution in [0.25, 0.3) is 0 Å². The molecule has 0 aromatic heterocycles. The average Bonchev–Trinajstić information content (AvgIpc) is 3.10. The summed E-state index contributed by atoms with van der Waals surface area (Å²) in [6, 6.07) is 0.484. The number of nitrogens with two attached hydrogens (primary N) is 1. The Morgan fingerprint density at radius 1 is 0.593 bits per heavy atom. The predicted molar refractivity (Wildman–Crippen MR) is 114 cm³/mol. The van der Waals surface area contributed by atoms with E-state index in [2.05, 4.69) is 20.8 Å². The second-order valence-electron chi connectivity index (χ2n) is 12.1. The molecule has 5 aliphatic carbocycles. The summed E-state index contributed by atoms with van der Waals surface area (Å²) in [5, 5.41) is 0. The van der Waals surface area contributed by atoms with Crippen molar-refractivity contribution in [3.05, 3.63) is 0 Å². The first kappa shape index (κ1) is 19.0. The maximum atomic E-state index is 6.65. The van der Waals surface area contributed by atoms with E-state index >= 15 is 0 Å². The molecule has 5 rings (SSSR count). The highest BCUT2D eigenvalue weighted by atomic mass is 14.7. The fourth-order valence-corrected chi connectivity index (χ4v) is 9.03. The van der Waals surface area contributed by atoms with Crippen molar-refractivity contribution in [1.82, 2.24) is 0 Å². The van der Waals surface area contributed by atoms with Crippen molar-refractivity contribution in [2.75, 3.05) is 0 Å². The lowest BCUT2D eigenvalue weighted by Crippen LogP contribution is -2.53. The molecule has 1 nitrogen and oxygen atoms in total. The van der Waals surface area contributed by atoms with Gasteiger partial charge >= 0.3 is 0 Å². The first-order valence-electron chi connectivity index (χ1n) is 12.8. The topological polar surface area (TPSA) is 26.0 Å². The van der Waals surface area contributed by atoms with Crippen molar-refractivity contribution in [1.29, 1.82) is 0 Å². The van der Waals surface area contributed by atoms with Crippen molar-refractivity contribution in [3.63, 3.8) is 0 Å². The van der Waals surface area contributed by atoms with Gasteiger partial charge in [-0.05, 0) is 129 Å². The Labute approximate surface area is 168 Å². The van der Waals surface area contributed by atoms with Gasteiger partial charge in [0.2, 0.25) is 0 Å². The van der Waals surface area contributed by atoms with Crippen molar-refractivity contribution in [3.8, 4) is 0 Å². The molecule has 0 spiro atoms. The fraction of sp³-hybridized carbons (Fsp3) is 1.00. The lowest BCUT2D eigenvalue weighted by atomic mass is 9.47. The summed E-state index contributed by atoms with van der Waals surface area (Å²) in [6.07, 6.45) is 16.7. The molecule has 154 valence electrons. The zero-order valence-corrected chi connectivity index (χ0v) is 18.3.